The molecule has 0 aliphatic carbocycles. The summed E-state index contributed by atoms with van der Waals surface area (Å²) in [6.07, 6.45) is 4.79. The van der Waals surface area contributed by atoms with Gasteiger partial charge in [-0.05, 0) is 25.0 Å². The first-order valence-corrected chi connectivity index (χ1v) is 6.15. The van der Waals surface area contributed by atoms with Crippen molar-refractivity contribution >= 4 is 5.97 Å². The van der Waals surface area contributed by atoms with Crippen LogP contribution in [-0.2, 0) is 13.0 Å². The lowest BCUT2D eigenvalue weighted by atomic mass is 10.0. The number of nitrogens with two attached hydrogens (primary N) is 1. The van der Waals surface area contributed by atoms with Gasteiger partial charge in [0.2, 0.25) is 0 Å². The monoisotopic (exact) mass is 258 g/mol. The average Bonchev–Trinajstić information content (AvgIpc) is 2.78. The second kappa shape index (κ2) is 4.47. The molecule has 2 aromatic rings. The minimum atomic E-state index is -0.991. The van der Waals surface area contributed by atoms with Crippen LogP contribution in [0.3, 0.4) is 0 Å². The van der Waals surface area contributed by atoms with Crippen molar-refractivity contribution in [2.75, 3.05) is 0 Å². The number of hydrogen-bond acceptors (Lipinski definition) is 4. The Hall–Kier alpha value is -2.21. The van der Waals surface area contributed by atoms with Gasteiger partial charge in [0.1, 0.15) is 5.82 Å². The van der Waals surface area contributed by atoms with Crippen molar-refractivity contribution in [2.45, 2.75) is 25.4 Å². The number of nitrogens with zero attached hydrogens (tertiary/aromatic N) is 3. The molecule has 0 spiro atoms. The second-order valence-electron chi connectivity index (χ2n) is 4.69. The molecule has 1 atom stereocenters. The highest BCUT2D eigenvalue weighted by atomic mass is 16.4. The van der Waals surface area contributed by atoms with E-state index in [-0.39, 0.29) is 11.7 Å². The van der Waals surface area contributed by atoms with Gasteiger partial charge in [-0.1, -0.05) is 0 Å². The number of carboxylic acids is 1. The molecule has 1 aliphatic heterocycles. The third-order valence-electron chi connectivity index (χ3n) is 3.36. The molecule has 1 aliphatic rings. The molecule has 0 saturated carbocycles. The third kappa shape index (κ3) is 2.00. The normalized spacial score (nSPS) is 18.1. The van der Waals surface area contributed by atoms with Gasteiger partial charge in [-0.2, -0.15) is 0 Å². The van der Waals surface area contributed by atoms with Crippen LogP contribution in [0.25, 0.3) is 11.4 Å². The van der Waals surface area contributed by atoms with Crippen LogP contribution in [0.1, 0.15) is 22.6 Å². The summed E-state index contributed by atoms with van der Waals surface area (Å²) in [4.78, 5) is 19.6. The van der Waals surface area contributed by atoms with E-state index in [1.165, 1.54) is 0 Å². The quantitative estimate of drug-likeness (QED) is 0.835. The molecular weight excluding hydrogens is 244 g/mol. The molecule has 3 rings (SSSR count). The van der Waals surface area contributed by atoms with E-state index in [1.807, 2.05) is 10.6 Å². The molecule has 6 nitrogen and oxygen atoms in total. The highest BCUT2D eigenvalue weighted by Crippen LogP contribution is 2.26. The summed E-state index contributed by atoms with van der Waals surface area (Å²) in [5, 5.41) is 9.24. The van der Waals surface area contributed by atoms with Crippen molar-refractivity contribution in [1.29, 1.82) is 0 Å². The molecule has 98 valence electrons. The fraction of sp³-hybridized carbons (Fsp3) is 0.308. The van der Waals surface area contributed by atoms with E-state index in [0.717, 1.165) is 17.7 Å². The van der Waals surface area contributed by atoms with Crippen molar-refractivity contribution in [3.8, 4) is 11.4 Å². The van der Waals surface area contributed by atoms with Crippen LogP contribution in [0.4, 0.5) is 0 Å². The van der Waals surface area contributed by atoms with Crippen LogP contribution >= 0.6 is 0 Å². The number of hydrogen-bond donors (Lipinski definition) is 2. The zero-order valence-electron chi connectivity index (χ0n) is 10.3. The summed E-state index contributed by atoms with van der Waals surface area (Å²) in [7, 11) is 0. The van der Waals surface area contributed by atoms with Gasteiger partial charge in [-0.3, -0.25) is 4.98 Å². The van der Waals surface area contributed by atoms with Gasteiger partial charge in [0.15, 0.2) is 5.69 Å². The summed E-state index contributed by atoms with van der Waals surface area (Å²) in [5.41, 5.74) is 7.67. The summed E-state index contributed by atoms with van der Waals surface area (Å²) < 4.78 is 1.91. The minimum absolute atomic E-state index is 0.0405. The van der Waals surface area contributed by atoms with Crippen molar-refractivity contribution in [3.63, 3.8) is 0 Å². The van der Waals surface area contributed by atoms with Crippen LogP contribution in [0, 0.1) is 0 Å². The van der Waals surface area contributed by atoms with Crippen LogP contribution < -0.4 is 5.73 Å². The molecule has 0 fully saturated rings. The maximum atomic E-state index is 11.3. The molecule has 0 aromatic carbocycles. The predicted molar refractivity (Wildman–Crippen MR) is 68.7 cm³/mol. The molecule has 3 N–H and O–H groups in total. The smallest absolute Gasteiger partial charge is 0.356 e. The number of aromatic nitrogens is 3. The van der Waals surface area contributed by atoms with Crippen LogP contribution in [0.2, 0.25) is 0 Å². The number of pyridine rings is 1. The summed E-state index contributed by atoms with van der Waals surface area (Å²) in [6.45, 7) is 0.597. The van der Waals surface area contributed by atoms with Crippen molar-refractivity contribution < 1.29 is 9.90 Å². The van der Waals surface area contributed by atoms with Gasteiger partial charge in [0.25, 0.3) is 0 Å². The lowest BCUT2D eigenvalue weighted by molar-refractivity contribution is 0.0689. The van der Waals surface area contributed by atoms with E-state index in [2.05, 4.69) is 9.97 Å². The number of fused-ring (bicyclic) bond motifs is 1. The molecule has 0 radical (unpaired) electrons. The fourth-order valence-corrected chi connectivity index (χ4v) is 2.47. The van der Waals surface area contributed by atoms with Gasteiger partial charge in [-0.25, -0.2) is 9.78 Å². The van der Waals surface area contributed by atoms with Crippen molar-refractivity contribution in [1.82, 2.24) is 14.5 Å². The van der Waals surface area contributed by atoms with Gasteiger partial charge in [0, 0.05) is 30.5 Å². The Morgan fingerprint density at radius 3 is 3.05 bits per heavy atom. The first kappa shape index (κ1) is 11.9. The first-order chi connectivity index (χ1) is 9.16. The lowest BCUT2D eigenvalue weighted by Crippen LogP contribution is -2.32. The lowest BCUT2D eigenvalue weighted by Gasteiger charge is -2.22. The number of carbonyl (C=O) groups is 1. The summed E-state index contributed by atoms with van der Waals surface area (Å²) >= 11 is 0. The molecule has 3 heterocycles. The third-order valence-corrected chi connectivity index (χ3v) is 3.36. The Bertz CT molecular complexity index is 621. The van der Waals surface area contributed by atoms with Crippen molar-refractivity contribution in [2.24, 2.45) is 5.73 Å². The van der Waals surface area contributed by atoms with E-state index < -0.39 is 5.97 Å². The Balaban J connectivity index is 2.17. The molecule has 19 heavy (non-hydrogen) atoms. The predicted octanol–water partition coefficient (Wildman–Crippen LogP) is 0.917. The molecule has 0 bridgehead atoms. The Kier molecular flexibility index (Phi) is 2.79. The minimum Gasteiger partial charge on any atom is -0.476 e. The zero-order valence-corrected chi connectivity index (χ0v) is 10.3. The molecule has 6 heteroatoms. The SMILES string of the molecule is NC1CCc2c(C(=O)O)nc(-c3cccnc3)n2C1. The van der Waals surface area contributed by atoms with Crippen LogP contribution in [0.15, 0.2) is 24.5 Å². The molecule has 2 aromatic heterocycles. The average molecular weight is 258 g/mol. The van der Waals surface area contributed by atoms with E-state index in [4.69, 9.17) is 5.73 Å². The maximum absolute atomic E-state index is 11.3. The topological polar surface area (TPSA) is 94.0 Å². The maximum Gasteiger partial charge on any atom is 0.356 e. The summed E-state index contributed by atoms with van der Waals surface area (Å²) in [6, 6.07) is 3.72. The molecule has 0 amide bonds. The second-order valence-corrected chi connectivity index (χ2v) is 4.69. The molecular formula is C13H14N4O2. The van der Waals surface area contributed by atoms with E-state index in [9.17, 15) is 9.90 Å². The first-order valence-electron chi connectivity index (χ1n) is 6.15. The van der Waals surface area contributed by atoms with E-state index >= 15 is 0 Å². The van der Waals surface area contributed by atoms with Gasteiger partial charge < -0.3 is 15.4 Å². The van der Waals surface area contributed by atoms with Gasteiger partial charge in [0.05, 0.1) is 5.69 Å². The Morgan fingerprint density at radius 1 is 1.53 bits per heavy atom. The molecule has 1 unspecified atom stereocenters. The largest absolute Gasteiger partial charge is 0.476 e. The van der Waals surface area contributed by atoms with Gasteiger partial charge >= 0.3 is 5.97 Å². The summed E-state index contributed by atoms with van der Waals surface area (Å²) in [5.74, 6) is -0.356. The van der Waals surface area contributed by atoms with E-state index in [0.29, 0.717) is 18.8 Å². The van der Waals surface area contributed by atoms with Crippen molar-refractivity contribution in [3.05, 3.63) is 35.9 Å². The number of rotatable bonds is 2. The number of aromatic carboxylic acids is 1. The van der Waals surface area contributed by atoms with Gasteiger partial charge in [-0.15, -0.1) is 0 Å². The Labute approximate surface area is 109 Å². The fourth-order valence-electron chi connectivity index (χ4n) is 2.47. The standard InChI is InChI=1S/C13H14N4O2/c14-9-3-4-10-11(13(18)19)16-12(17(10)7-9)8-2-1-5-15-6-8/h1-2,5-6,9H,3-4,7,14H2,(H,18,19). The zero-order chi connectivity index (χ0) is 13.4. The molecule has 0 saturated heterocycles. The highest BCUT2D eigenvalue weighted by Gasteiger charge is 2.27. The van der Waals surface area contributed by atoms with Crippen LogP contribution in [-0.4, -0.2) is 31.7 Å². The number of imidazole rings is 1. The highest BCUT2D eigenvalue weighted by molar-refractivity contribution is 5.88. The van der Waals surface area contributed by atoms with E-state index in [1.54, 1.807) is 18.5 Å². The Morgan fingerprint density at radius 2 is 2.37 bits per heavy atom. The number of carboxylic acid groups (broad SMARTS) is 1. The van der Waals surface area contributed by atoms with Crippen LogP contribution in [0.5, 0.6) is 0 Å².